The summed E-state index contributed by atoms with van der Waals surface area (Å²) in [5, 5.41) is 5.30. The molecule has 2 rings (SSSR count). The Bertz CT molecular complexity index is 893. The van der Waals surface area contributed by atoms with E-state index in [0.717, 1.165) is 6.42 Å². The summed E-state index contributed by atoms with van der Waals surface area (Å²) in [4.78, 5) is 23.3. The van der Waals surface area contributed by atoms with Gasteiger partial charge in [0, 0.05) is 19.2 Å². The maximum absolute atomic E-state index is 12.6. The van der Waals surface area contributed by atoms with Gasteiger partial charge in [0.15, 0.2) is 0 Å². The summed E-state index contributed by atoms with van der Waals surface area (Å²) in [6.07, 6.45) is 0.778. The lowest BCUT2D eigenvalue weighted by Crippen LogP contribution is -2.25. The van der Waals surface area contributed by atoms with Crippen LogP contribution in [0.25, 0.3) is 0 Å². The largest absolute Gasteiger partial charge is 0.352 e. The fourth-order valence-corrected chi connectivity index (χ4v) is 3.31. The van der Waals surface area contributed by atoms with Gasteiger partial charge in [0.1, 0.15) is 0 Å². The molecule has 0 saturated heterocycles. The third kappa shape index (κ3) is 5.06. The van der Waals surface area contributed by atoms with Gasteiger partial charge in [-0.15, -0.1) is 0 Å². The molecule has 2 amide bonds. The van der Waals surface area contributed by atoms with E-state index in [0.29, 0.717) is 12.2 Å². The highest BCUT2D eigenvalue weighted by Gasteiger charge is 2.18. The van der Waals surface area contributed by atoms with Gasteiger partial charge in [-0.25, -0.2) is 8.42 Å². The predicted molar refractivity (Wildman–Crippen MR) is 101 cm³/mol. The van der Waals surface area contributed by atoms with Crippen molar-refractivity contribution >= 4 is 33.2 Å². The molecule has 0 spiro atoms. The molecular formula is C18H21N3O4S. The Balaban J connectivity index is 2.24. The van der Waals surface area contributed by atoms with Gasteiger partial charge in [-0.1, -0.05) is 19.1 Å². The number of hydrogen-bond donors (Lipinski definition) is 3. The molecule has 138 valence electrons. The maximum atomic E-state index is 12.6. The van der Waals surface area contributed by atoms with Gasteiger partial charge in [0.05, 0.1) is 16.1 Å². The fraction of sp³-hybridized carbons (Fsp3) is 0.222. The molecule has 26 heavy (non-hydrogen) atoms. The van der Waals surface area contributed by atoms with E-state index in [2.05, 4.69) is 15.4 Å². The van der Waals surface area contributed by atoms with E-state index >= 15 is 0 Å². The quantitative estimate of drug-likeness (QED) is 0.692. The molecule has 0 bridgehead atoms. The molecule has 7 nitrogen and oxygen atoms in total. The fourth-order valence-electron chi connectivity index (χ4n) is 2.23. The number of hydrogen-bond acceptors (Lipinski definition) is 4. The van der Waals surface area contributed by atoms with Gasteiger partial charge >= 0.3 is 0 Å². The summed E-state index contributed by atoms with van der Waals surface area (Å²) in [5.41, 5.74) is 0.947. The molecule has 0 aliphatic rings. The molecule has 3 N–H and O–H groups in total. The summed E-state index contributed by atoms with van der Waals surface area (Å²) >= 11 is 0. The Morgan fingerprint density at radius 1 is 1.00 bits per heavy atom. The first kappa shape index (κ1) is 19.5. The molecule has 0 unspecified atom stereocenters. The predicted octanol–water partition coefficient (Wildman–Crippen LogP) is 2.59. The average molecular weight is 375 g/mol. The molecule has 0 aliphatic carbocycles. The maximum Gasteiger partial charge on any atom is 0.261 e. The van der Waals surface area contributed by atoms with Crippen molar-refractivity contribution in [1.82, 2.24) is 5.32 Å². The van der Waals surface area contributed by atoms with Gasteiger partial charge in [-0.3, -0.25) is 14.3 Å². The van der Waals surface area contributed by atoms with E-state index in [9.17, 15) is 18.0 Å². The van der Waals surface area contributed by atoms with Crippen LogP contribution in [0.15, 0.2) is 53.4 Å². The summed E-state index contributed by atoms with van der Waals surface area (Å²) in [6.45, 7) is 3.80. The minimum absolute atomic E-state index is 0.0235. The topological polar surface area (TPSA) is 104 Å². The molecule has 0 fully saturated rings. The monoisotopic (exact) mass is 375 g/mol. The highest BCUT2D eigenvalue weighted by atomic mass is 32.2. The summed E-state index contributed by atoms with van der Waals surface area (Å²) < 4.78 is 27.6. The zero-order valence-corrected chi connectivity index (χ0v) is 15.4. The Labute approximate surface area is 152 Å². The van der Waals surface area contributed by atoms with Crippen LogP contribution in [0.2, 0.25) is 0 Å². The minimum Gasteiger partial charge on any atom is -0.352 e. The van der Waals surface area contributed by atoms with Gasteiger partial charge in [-0.05, 0) is 42.8 Å². The molecule has 2 aromatic rings. The number of anilines is 2. The van der Waals surface area contributed by atoms with Gasteiger partial charge in [0.25, 0.3) is 15.9 Å². The third-order valence-corrected chi connectivity index (χ3v) is 4.82. The zero-order chi connectivity index (χ0) is 19.2. The number of sulfonamides is 1. The van der Waals surface area contributed by atoms with Gasteiger partial charge in [-0.2, -0.15) is 0 Å². The first-order valence-electron chi connectivity index (χ1n) is 8.11. The Kier molecular flexibility index (Phi) is 6.35. The summed E-state index contributed by atoms with van der Waals surface area (Å²) in [5.74, 6) is -0.586. The van der Waals surface area contributed by atoms with Crippen molar-refractivity contribution in [2.24, 2.45) is 0 Å². The summed E-state index contributed by atoms with van der Waals surface area (Å²) in [6, 6.07) is 12.2. The number of carbonyl (C=O) groups is 2. The van der Waals surface area contributed by atoms with E-state index < -0.39 is 10.0 Å². The van der Waals surface area contributed by atoms with E-state index in [1.165, 1.54) is 37.3 Å². The molecule has 0 saturated carbocycles. The van der Waals surface area contributed by atoms with Crippen LogP contribution < -0.4 is 15.4 Å². The third-order valence-electron chi connectivity index (χ3n) is 3.44. The lowest BCUT2D eigenvalue weighted by Gasteiger charge is -2.13. The zero-order valence-electron chi connectivity index (χ0n) is 14.6. The van der Waals surface area contributed by atoms with Crippen molar-refractivity contribution in [3.05, 3.63) is 54.1 Å². The van der Waals surface area contributed by atoms with Crippen LogP contribution in [0.3, 0.4) is 0 Å². The second-order valence-corrected chi connectivity index (χ2v) is 7.29. The molecule has 0 radical (unpaired) electrons. The van der Waals surface area contributed by atoms with E-state index in [1.54, 1.807) is 18.2 Å². The lowest BCUT2D eigenvalue weighted by molar-refractivity contribution is -0.114. The van der Waals surface area contributed by atoms with Crippen LogP contribution in [0, 0.1) is 0 Å². The van der Waals surface area contributed by atoms with Crippen LogP contribution in [0.1, 0.15) is 30.6 Å². The highest BCUT2D eigenvalue weighted by molar-refractivity contribution is 7.92. The lowest BCUT2D eigenvalue weighted by atomic mass is 10.1. The number of amides is 2. The van der Waals surface area contributed by atoms with Crippen molar-refractivity contribution < 1.29 is 18.0 Å². The van der Waals surface area contributed by atoms with Crippen LogP contribution in [-0.4, -0.2) is 26.8 Å². The average Bonchev–Trinajstić information content (AvgIpc) is 2.59. The number of para-hydroxylation sites is 1. The van der Waals surface area contributed by atoms with E-state index in [1.807, 2.05) is 6.92 Å². The molecule has 0 atom stereocenters. The molecule has 8 heteroatoms. The Morgan fingerprint density at radius 2 is 1.65 bits per heavy atom. The Hall–Kier alpha value is -2.87. The highest BCUT2D eigenvalue weighted by Crippen LogP contribution is 2.21. The number of rotatable bonds is 7. The van der Waals surface area contributed by atoms with Crippen molar-refractivity contribution in [3.63, 3.8) is 0 Å². The first-order chi connectivity index (χ1) is 12.3. The Morgan fingerprint density at radius 3 is 2.27 bits per heavy atom. The SMILES string of the molecule is CCCNC(=O)c1ccccc1NS(=O)(=O)c1ccc(NC(C)=O)cc1. The smallest absolute Gasteiger partial charge is 0.261 e. The standard InChI is InChI=1S/C18H21N3O4S/c1-3-12-19-18(23)16-6-4-5-7-17(16)21-26(24,25)15-10-8-14(9-11-15)20-13(2)22/h4-11,21H,3,12H2,1-2H3,(H,19,23)(H,20,22). The van der Waals surface area contributed by atoms with Crippen molar-refractivity contribution in [1.29, 1.82) is 0 Å². The minimum atomic E-state index is -3.88. The van der Waals surface area contributed by atoms with Gasteiger partial charge in [0.2, 0.25) is 5.91 Å². The summed E-state index contributed by atoms with van der Waals surface area (Å²) in [7, 11) is -3.88. The molecule has 2 aromatic carbocycles. The second-order valence-electron chi connectivity index (χ2n) is 5.61. The number of benzene rings is 2. The van der Waals surface area contributed by atoms with Gasteiger partial charge < -0.3 is 10.6 Å². The van der Waals surface area contributed by atoms with Crippen molar-refractivity contribution in [3.8, 4) is 0 Å². The molecule has 0 aromatic heterocycles. The van der Waals surface area contributed by atoms with E-state index in [-0.39, 0.29) is 28.0 Å². The van der Waals surface area contributed by atoms with Crippen molar-refractivity contribution in [2.75, 3.05) is 16.6 Å². The molecule has 0 aliphatic heterocycles. The van der Waals surface area contributed by atoms with Crippen LogP contribution in [-0.2, 0) is 14.8 Å². The number of carbonyl (C=O) groups excluding carboxylic acids is 2. The van der Waals surface area contributed by atoms with Crippen LogP contribution in [0.4, 0.5) is 11.4 Å². The van der Waals surface area contributed by atoms with Crippen LogP contribution >= 0.6 is 0 Å². The van der Waals surface area contributed by atoms with Crippen molar-refractivity contribution in [2.45, 2.75) is 25.2 Å². The normalized spacial score (nSPS) is 10.8. The van der Waals surface area contributed by atoms with Crippen LogP contribution in [0.5, 0.6) is 0 Å². The molecular weight excluding hydrogens is 354 g/mol. The number of nitrogens with one attached hydrogen (secondary N) is 3. The molecule has 0 heterocycles. The van der Waals surface area contributed by atoms with E-state index in [4.69, 9.17) is 0 Å². The first-order valence-corrected chi connectivity index (χ1v) is 9.59. The second kappa shape index (κ2) is 8.48.